The molecule has 0 saturated carbocycles. The van der Waals surface area contributed by atoms with Crippen LogP contribution < -0.4 is 5.32 Å². The molecule has 0 aliphatic rings. The smallest absolute Gasteiger partial charge is 0.0192 e. The largest absolute Gasteiger partial charge is 0.313 e. The molecule has 1 unspecified atom stereocenters. The maximum absolute atomic E-state index is 3.68. The molecule has 1 N–H and O–H groups in total. The quantitative estimate of drug-likeness (QED) is 0.573. The highest BCUT2D eigenvalue weighted by Gasteiger charge is 2.13. The van der Waals surface area contributed by atoms with Crippen molar-refractivity contribution in [2.45, 2.75) is 73.3 Å². The van der Waals surface area contributed by atoms with Gasteiger partial charge in [-0.1, -0.05) is 41.5 Å². The Morgan fingerprint density at radius 2 is 1.42 bits per heavy atom. The summed E-state index contributed by atoms with van der Waals surface area (Å²) in [7, 11) is 0. The Morgan fingerprint density at radius 1 is 0.895 bits per heavy atom. The highest BCUT2D eigenvalue weighted by molar-refractivity contribution is 4.72. The highest BCUT2D eigenvalue weighted by atomic mass is 15.1. The van der Waals surface area contributed by atoms with Gasteiger partial charge in [0.2, 0.25) is 0 Å². The third-order valence-corrected chi connectivity index (χ3v) is 3.70. The molecule has 19 heavy (non-hydrogen) atoms. The second kappa shape index (κ2) is 11.7. The Morgan fingerprint density at radius 3 is 1.79 bits per heavy atom. The van der Waals surface area contributed by atoms with Crippen molar-refractivity contribution in [3.63, 3.8) is 0 Å². The Balaban J connectivity index is 4.19. The molecule has 0 rings (SSSR count). The SMILES string of the molecule is CCCNC(CC)CN(CCC(C)C)CCC(C)C. The van der Waals surface area contributed by atoms with E-state index in [9.17, 15) is 0 Å². The average Bonchev–Trinajstić information content (AvgIpc) is 2.36. The third kappa shape index (κ3) is 11.4. The van der Waals surface area contributed by atoms with E-state index in [-0.39, 0.29) is 0 Å². The number of nitrogens with one attached hydrogen (secondary N) is 1. The molecule has 0 aromatic heterocycles. The van der Waals surface area contributed by atoms with Crippen LogP contribution in [0.2, 0.25) is 0 Å². The molecule has 0 aliphatic carbocycles. The first-order valence-electron chi connectivity index (χ1n) is 8.45. The van der Waals surface area contributed by atoms with Crippen molar-refractivity contribution in [1.82, 2.24) is 10.2 Å². The van der Waals surface area contributed by atoms with Gasteiger partial charge >= 0.3 is 0 Å². The van der Waals surface area contributed by atoms with E-state index in [1.54, 1.807) is 0 Å². The zero-order valence-electron chi connectivity index (χ0n) is 14.3. The first-order valence-corrected chi connectivity index (χ1v) is 8.45. The number of hydrogen-bond donors (Lipinski definition) is 1. The second-order valence-corrected chi connectivity index (χ2v) is 6.72. The lowest BCUT2D eigenvalue weighted by Crippen LogP contribution is -2.42. The van der Waals surface area contributed by atoms with E-state index in [1.165, 1.54) is 45.3 Å². The summed E-state index contributed by atoms with van der Waals surface area (Å²) < 4.78 is 0. The minimum Gasteiger partial charge on any atom is -0.313 e. The fourth-order valence-corrected chi connectivity index (χ4v) is 2.17. The fraction of sp³-hybridized carbons (Fsp3) is 1.00. The van der Waals surface area contributed by atoms with Gasteiger partial charge in [-0.2, -0.15) is 0 Å². The zero-order valence-corrected chi connectivity index (χ0v) is 14.3. The van der Waals surface area contributed by atoms with Gasteiger partial charge < -0.3 is 10.2 Å². The number of hydrogen-bond acceptors (Lipinski definition) is 2. The van der Waals surface area contributed by atoms with Crippen molar-refractivity contribution >= 4 is 0 Å². The topological polar surface area (TPSA) is 15.3 Å². The van der Waals surface area contributed by atoms with Crippen molar-refractivity contribution in [2.75, 3.05) is 26.2 Å². The maximum atomic E-state index is 3.68. The van der Waals surface area contributed by atoms with Crippen molar-refractivity contribution < 1.29 is 0 Å². The molecule has 0 bridgehead atoms. The summed E-state index contributed by atoms with van der Waals surface area (Å²) in [6.45, 7) is 18.7. The first-order chi connectivity index (χ1) is 8.99. The summed E-state index contributed by atoms with van der Waals surface area (Å²) in [6.07, 6.45) is 5.11. The minimum atomic E-state index is 0.666. The molecule has 0 aliphatic heterocycles. The summed E-state index contributed by atoms with van der Waals surface area (Å²) >= 11 is 0. The van der Waals surface area contributed by atoms with Crippen LogP contribution in [-0.4, -0.2) is 37.1 Å². The fourth-order valence-electron chi connectivity index (χ4n) is 2.17. The Labute approximate surface area is 122 Å². The number of nitrogens with zero attached hydrogens (tertiary/aromatic N) is 1. The summed E-state index contributed by atoms with van der Waals surface area (Å²) in [5.74, 6) is 1.62. The molecule has 0 radical (unpaired) electrons. The Hall–Kier alpha value is -0.0800. The summed E-state index contributed by atoms with van der Waals surface area (Å²) in [6, 6.07) is 0.666. The molecule has 0 amide bonds. The van der Waals surface area contributed by atoms with Crippen LogP contribution in [-0.2, 0) is 0 Å². The summed E-state index contributed by atoms with van der Waals surface area (Å²) in [4.78, 5) is 2.68. The molecular weight excluding hydrogens is 232 g/mol. The average molecular weight is 271 g/mol. The van der Waals surface area contributed by atoms with E-state index >= 15 is 0 Å². The van der Waals surface area contributed by atoms with E-state index in [4.69, 9.17) is 0 Å². The lowest BCUT2D eigenvalue weighted by Gasteiger charge is -2.29. The molecule has 116 valence electrons. The predicted molar refractivity (Wildman–Crippen MR) is 87.7 cm³/mol. The third-order valence-electron chi connectivity index (χ3n) is 3.70. The number of rotatable bonds is 12. The van der Waals surface area contributed by atoms with E-state index in [2.05, 4.69) is 51.8 Å². The molecule has 0 spiro atoms. The van der Waals surface area contributed by atoms with Gasteiger partial charge in [0.05, 0.1) is 0 Å². The van der Waals surface area contributed by atoms with Gasteiger partial charge in [0.25, 0.3) is 0 Å². The predicted octanol–water partition coefficient (Wildman–Crippen LogP) is 4.16. The lowest BCUT2D eigenvalue weighted by atomic mass is 10.1. The van der Waals surface area contributed by atoms with Crippen LogP contribution in [0.5, 0.6) is 0 Å². The van der Waals surface area contributed by atoms with Gasteiger partial charge in [0.15, 0.2) is 0 Å². The molecule has 0 aromatic carbocycles. The maximum Gasteiger partial charge on any atom is 0.0192 e. The van der Waals surface area contributed by atoms with Crippen molar-refractivity contribution in [3.05, 3.63) is 0 Å². The van der Waals surface area contributed by atoms with Crippen LogP contribution in [0.1, 0.15) is 67.2 Å². The van der Waals surface area contributed by atoms with Gasteiger partial charge in [-0.3, -0.25) is 0 Å². The van der Waals surface area contributed by atoms with Crippen molar-refractivity contribution in [2.24, 2.45) is 11.8 Å². The second-order valence-electron chi connectivity index (χ2n) is 6.72. The molecule has 0 fully saturated rings. The Kier molecular flexibility index (Phi) is 11.7. The summed E-state index contributed by atoms with van der Waals surface area (Å²) in [5.41, 5.74) is 0. The van der Waals surface area contributed by atoms with E-state index in [0.717, 1.165) is 18.4 Å². The van der Waals surface area contributed by atoms with Crippen LogP contribution in [0.25, 0.3) is 0 Å². The van der Waals surface area contributed by atoms with Gasteiger partial charge in [0.1, 0.15) is 0 Å². The van der Waals surface area contributed by atoms with Crippen LogP contribution in [0.15, 0.2) is 0 Å². The normalized spacial score (nSPS) is 13.7. The zero-order chi connectivity index (χ0) is 14.7. The molecule has 0 heterocycles. The molecule has 2 heteroatoms. The summed E-state index contributed by atoms with van der Waals surface area (Å²) in [5, 5.41) is 3.68. The van der Waals surface area contributed by atoms with Crippen molar-refractivity contribution in [3.8, 4) is 0 Å². The van der Waals surface area contributed by atoms with Crippen LogP contribution in [0, 0.1) is 11.8 Å². The van der Waals surface area contributed by atoms with E-state index < -0.39 is 0 Å². The van der Waals surface area contributed by atoms with Crippen molar-refractivity contribution in [1.29, 1.82) is 0 Å². The molecular formula is C17H38N2. The standard InChI is InChI=1S/C17H38N2/c1-7-11-18-17(8-2)14-19(12-9-15(3)4)13-10-16(5)6/h15-18H,7-14H2,1-6H3. The van der Waals surface area contributed by atoms with Crippen LogP contribution >= 0.6 is 0 Å². The monoisotopic (exact) mass is 270 g/mol. The molecule has 0 saturated heterocycles. The van der Waals surface area contributed by atoms with Gasteiger partial charge in [0, 0.05) is 12.6 Å². The highest BCUT2D eigenvalue weighted by Crippen LogP contribution is 2.08. The van der Waals surface area contributed by atoms with E-state index in [1.807, 2.05) is 0 Å². The van der Waals surface area contributed by atoms with E-state index in [0.29, 0.717) is 6.04 Å². The minimum absolute atomic E-state index is 0.666. The van der Waals surface area contributed by atoms with Gasteiger partial charge in [-0.05, 0) is 57.2 Å². The first kappa shape index (κ1) is 18.9. The Bertz CT molecular complexity index is 178. The lowest BCUT2D eigenvalue weighted by molar-refractivity contribution is 0.216. The molecule has 2 nitrogen and oxygen atoms in total. The molecule has 0 aromatic rings. The van der Waals surface area contributed by atoms with Gasteiger partial charge in [-0.25, -0.2) is 0 Å². The molecule has 1 atom stereocenters. The van der Waals surface area contributed by atoms with Crippen LogP contribution in [0.3, 0.4) is 0 Å². The van der Waals surface area contributed by atoms with Crippen LogP contribution in [0.4, 0.5) is 0 Å². The van der Waals surface area contributed by atoms with Gasteiger partial charge in [-0.15, -0.1) is 0 Å².